The second-order valence-electron chi connectivity index (χ2n) is 2.83. The van der Waals surface area contributed by atoms with Crippen molar-refractivity contribution >= 4 is 5.69 Å². The number of ether oxygens (including phenoxy) is 1. The number of hydrogen-bond donors (Lipinski definition) is 0. The highest BCUT2D eigenvalue weighted by Crippen LogP contribution is 2.27. The molecule has 0 spiro atoms. The molecule has 0 aliphatic rings. The van der Waals surface area contributed by atoms with Gasteiger partial charge in [0.15, 0.2) is 0 Å². The van der Waals surface area contributed by atoms with Gasteiger partial charge in [0, 0.05) is 13.1 Å². The Morgan fingerprint density at radius 1 is 1.57 bits per heavy atom. The Bertz CT molecular complexity index is 360. The second kappa shape index (κ2) is 4.47. The maximum atomic E-state index is 12.9. The quantitative estimate of drug-likeness (QED) is 0.688. The first-order valence-electron chi connectivity index (χ1n) is 4.10. The van der Waals surface area contributed by atoms with Crippen molar-refractivity contribution in [1.29, 1.82) is 5.26 Å². The number of benzene rings is 1. The molecule has 0 atom stereocenters. The lowest BCUT2D eigenvalue weighted by atomic mass is 10.2. The number of rotatable bonds is 3. The van der Waals surface area contributed by atoms with E-state index in [0.29, 0.717) is 11.4 Å². The third-order valence-corrected chi connectivity index (χ3v) is 1.86. The van der Waals surface area contributed by atoms with Gasteiger partial charge in [-0.25, -0.2) is 4.39 Å². The van der Waals surface area contributed by atoms with Crippen LogP contribution in [-0.2, 0) is 0 Å². The van der Waals surface area contributed by atoms with Crippen molar-refractivity contribution in [3.05, 3.63) is 24.0 Å². The summed E-state index contributed by atoms with van der Waals surface area (Å²) in [6.07, 6.45) is 0. The second-order valence-corrected chi connectivity index (χ2v) is 2.83. The molecule has 0 bridgehead atoms. The third-order valence-electron chi connectivity index (χ3n) is 1.86. The molecule has 0 heterocycles. The van der Waals surface area contributed by atoms with Gasteiger partial charge in [-0.3, -0.25) is 0 Å². The molecule has 1 aromatic rings. The van der Waals surface area contributed by atoms with E-state index < -0.39 is 0 Å². The highest BCUT2D eigenvalue weighted by molar-refractivity contribution is 5.58. The smallest absolute Gasteiger partial charge is 0.142 e. The zero-order valence-electron chi connectivity index (χ0n) is 8.12. The molecule has 0 fully saturated rings. The van der Waals surface area contributed by atoms with E-state index in [4.69, 9.17) is 10.00 Å². The molecular weight excluding hydrogens is 183 g/mol. The summed E-state index contributed by atoms with van der Waals surface area (Å²) in [5, 5.41) is 8.50. The van der Waals surface area contributed by atoms with Crippen LogP contribution < -0.4 is 9.64 Å². The highest BCUT2D eigenvalue weighted by Gasteiger charge is 2.08. The first kappa shape index (κ1) is 10.3. The summed E-state index contributed by atoms with van der Waals surface area (Å²) in [5.74, 6) is 0.217. The van der Waals surface area contributed by atoms with Crippen molar-refractivity contribution in [3.63, 3.8) is 0 Å². The summed E-state index contributed by atoms with van der Waals surface area (Å²) in [4.78, 5) is 1.63. The van der Waals surface area contributed by atoms with Gasteiger partial charge in [-0.2, -0.15) is 5.26 Å². The van der Waals surface area contributed by atoms with Crippen molar-refractivity contribution in [2.75, 3.05) is 25.6 Å². The Labute approximate surface area is 82.3 Å². The molecule has 0 aliphatic heterocycles. The van der Waals surface area contributed by atoms with Gasteiger partial charge in [0.05, 0.1) is 18.9 Å². The van der Waals surface area contributed by atoms with E-state index in [1.165, 1.54) is 19.2 Å². The van der Waals surface area contributed by atoms with Crippen LogP contribution in [0.3, 0.4) is 0 Å². The minimum absolute atomic E-state index is 0.194. The van der Waals surface area contributed by atoms with Gasteiger partial charge in [-0.15, -0.1) is 0 Å². The van der Waals surface area contributed by atoms with E-state index in [2.05, 4.69) is 0 Å². The van der Waals surface area contributed by atoms with Crippen LogP contribution in [0.1, 0.15) is 0 Å². The molecule has 3 nitrogen and oxygen atoms in total. The lowest BCUT2D eigenvalue weighted by Gasteiger charge is -2.18. The average Bonchev–Trinajstić information content (AvgIpc) is 2.18. The zero-order chi connectivity index (χ0) is 10.6. The van der Waals surface area contributed by atoms with Crippen LogP contribution in [0.15, 0.2) is 18.2 Å². The number of methoxy groups -OCH3 is 1. The minimum atomic E-state index is -0.342. The molecule has 0 aromatic heterocycles. The lowest BCUT2D eigenvalue weighted by Crippen LogP contribution is -2.17. The molecule has 1 aromatic carbocycles. The Morgan fingerprint density at radius 3 is 2.86 bits per heavy atom. The van der Waals surface area contributed by atoms with Crippen molar-refractivity contribution in [3.8, 4) is 11.8 Å². The molecule has 0 amide bonds. The van der Waals surface area contributed by atoms with E-state index >= 15 is 0 Å². The van der Waals surface area contributed by atoms with E-state index in [1.54, 1.807) is 18.0 Å². The summed E-state index contributed by atoms with van der Waals surface area (Å²) in [6.45, 7) is 0.194. The maximum Gasteiger partial charge on any atom is 0.142 e. The normalized spacial score (nSPS) is 9.29. The molecule has 14 heavy (non-hydrogen) atoms. The van der Waals surface area contributed by atoms with Crippen molar-refractivity contribution in [1.82, 2.24) is 0 Å². The SMILES string of the molecule is COc1ccc(F)cc1N(C)CC#N. The first-order valence-corrected chi connectivity index (χ1v) is 4.10. The van der Waals surface area contributed by atoms with E-state index in [0.717, 1.165) is 0 Å². The fourth-order valence-electron chi connectivity index (χ4n) is 1.15. The van der Waals surface area contributed by atoms with Crippen LogP contribution in [0, 0.1) is 17.1 Å². The van der Waals surface area contributed by atoms with Gasteiger partial charge in [0.25, 0.3) is 0 Å². The predicted octanol–water partition coefficient (Wildman–Crippen LogP) is 1.79. The summed E-state index contributed by atoms with van der Waals surface area (Å²) in [7, 11) is 3.22. The molecule has 0 unspecified atom stereocenters. The van der Waals surface area contributed by atoms with Crippen LogP contribution >= 0.6 is 0 Å². The summed E-state index contributed by atoms with van der Waals surface area (Å²) in [5.41, 5.74) is 0.578. The molecule has 0 aliphatic carbocycles. The molecular formula is C10H11FN2O. The van der Waals surface area contributed by atoms with Crippen LogP contribution in [-0.4, -0.2) is 20.7 Å². The monoisotopic (exact) mass is 194 g/mol. The molecule has 0 saturated carbocycles. The lowest BCUT2D eigenvalue weighted by molar-refractivity contribution is 0.414. The van der Waals surface area contributed by atoms with Gasteiger partial charge in [0.2, 0.25) is 0 Å². The van der Waals surface area contributed by atoms with Gasteiger partial charge in [0.1, 0.15) is 18.1 Å². The van der Waals surface area contributed by atoms with E-state index in [-0.39, 0.29) is 12.4 Å². The van der Waals surface area contributed by atoms with E-state index in [9.17, 15) is 4.39 Å². The molecule has 0 radical (unpaired) electrons. The number of nitriles is 1. The van der Waals surface area contributed by atoms with Crippen molar-refractivity contribution < 1.29 is 9.13 Å². The van der Waals surface area contributed by atoms with Crippen molar-refractivity contribution in [2.45, 2.75) is 0 Å². The number of halogens is 1. The number of hydrogen-bond acceptors (Lipinski definition) is 3. The Hall–Kier alpha value is -1.76. The standard InChI is InChI=1S/C10H11FN2O/c1-13(6-5-12)9-7-8(11)3-4-10(9)14-2/h3-4,7H,6H2,1-2H3. The fourth-order valence-corrected chi connectivity index (χ4v) is 1.15. The largest absolute Gasteiger partial charge is 0.495 e. The van der Waals surface area contributed by atoms with Crippen LogP contribution in [0.25, 0.3) is 0 Å². The van der Waals surface area contributed by atoms with Crippen LogP contribution in [0.4, 0.5) is 10.1 Å². The number of nitrogens with zero attached hydrogens (tertiary/aromatic N) is 2. The van der Waals surface area contributed by atoms with Crippen LogP contribution in [0.5, 0.6) is 5.75 Å². The molecule has 4 heteroatoms. The Kier molecular flexibility index (Phi) is 3.29. The van der Waals surface area contributed by atoms with Gasteiger partial charge < -0.3 is 9.64 Å². The predicted molar refractivity (Wildman–Crippen MR) is 51.8 cm³/mol. The topological polar surface area (TPSA) is 36.3 Å². The Morgan fingerprint density at radius 2 is 2.29 bits per heavy atom. The first-order chi connectivity index (χ1) is 6.69. The average molecular weight is 194 g/mol. The number of anilines is 1. The Balaban J connectivity index is 3.04. The molecule has 1 rings (SSSR count). The fraction of sp³-hybridized carbons (Fsp3) is 0.300. The maximum absolute atomic E-state index is 12.9. The van der Waals surface area contributed by atoms with Crippen molar-refractivity contribution in [2.24, 2.45) is 0 Å². The van der Waals surface area contributed by atoms with Crippen LogP contribution in [0.2, 0.25) is 0 Å². The van der Waals surface area contributed by atoms with Gasteiger partial charge in [-0.1, -0.05) is 0 Å². The summed E-state index contributed by atoms with van der Waals surface area (Å²) >= 11 is 0. The minimum Gasteiger partial charge on any atom is -0.495 e. The van der Waals surface area contributed by atoms with Gasteiger partial charge >= 0.3 is 0 Å². The molecule has 74 valence electrons. The zero-order valence-corrected chi connectivity index (χ0v) is 8.12. The summed E-state index contributed by atoms with van der Waals surface area (Å²) in [6, 6.07) is 6.19. The van der Waals surface area contributed by atoms with Gasteiger partial charge in [-0.05, 0) is 12.1 Å². The molecule has 0 saturated heterocycles. The third kappa shape index (κ3) is 2.13. The highest BCUT2D eigenvalue weighted by atomic mass is 19.1. The van der Waals surface area contributed by atoms with E-state index in [1.807, 2.05) is 6.07 Å². The summed E-state index contributed by atoms with van der Waals surface area (Å²) < 4.78 is 18.0. The molecule has 0 N–H and O–H groups in total.